The van der Waals surface area contributed by atoms with Gasteiger partial charge in [0.2, 0.25) is 10.0 Å². The van der Waals surface area contributed by atoms with Crippen molar-refractivity contribution in [2.24, 2.45) is 11.7 Å². The minimum atomic E-state index is -3.61. The van der Waals surface area contributed by atoms with E-state index in [9.17, 15) is 8.42 Å². The molecule has 108 valence electrons. The summed E-state index contributed by atoms with van der Waals surface area (Å²) in [6.45, 7) is 4.33. The van der Waals surface area contributed by atoms with E-state index in [1.807, 2.05) is 13.8 Å². The lowest BCUT2D eigenvalue weighted by molar-refractivity contribution is 0.401. The molecule has 1 unspecified atom stereocenters. The molecule has 0 amide bonds. The maximum Gasteiger partial charge on any atom is 0.244 e. The lowest BCUT2D eigenvalue weighted by Gasteiger charge is -2.19. The Morgan fingerprint density at radius 3 is 2.47 bits per heavy atom. The van der Waals surface area contributed by atoms with Crippen LogP contribution in [0.3, 0.4) is 0 Å². The van der Waals surface area contributed by atoms with E-state index in [4.69, 9.17) is 10.5 Å². The van der Waals surface area contributed by atoms with Crippen LogP contribution >= 0.6 is 0 Å². The average Bonchev–Trinajstić information content (AvgIpc) is 2.37. The molecule has 19 heavy (non-hydrogen) atoms. The summed E-state index contributed by atoms with van der Waals surface area (Å²) < 4.78 is 32.3. The van der Waals surface area contributed by atoms with Crippen LogP contribution < -0.4 is 15.2 Å². The van der Waals surface area contributed by atoms with Crippen LogP contribution in [0.1, 0.15) is 20.3 Å². The van der Waals surface area contributed by atoms with Gasteiger partial charge in [0, 0.05) is 12.6 Å². The van der Waals surface area contributed by atoms with Gasteiger partial charge in [-0.1, -0.05) is 26.0 Å². The molecular formula is C13H22N2O3S. The Kier molecular flexibility index (Phi) is 5.78. The van der Waals surface area contributed by atoms with E-state index in [1.165, 1.54) is 13.2 Å². The van der Waals surface area contributed by atoms with Gasteiger partial charge in [-0.15, -0.1) is 0 Å². The summed E-state index contributed by atoms with van der Waals surface area (Å²) in [6.07, 6.45) is 0.699. The van der Waals surface area contributed by atoms with Crippen molar-refractivity contribution >= 4 is 10.0 Å². The molecule has 0 aliphatic carbocycles. The first kappa shape index (κ1) is 15.9. The maximum absolute atomic E-state index is 12.3. The van der Waals surface area contributed by atoms with Crippen molar-refractivity contribution in [3.05, 3.63) is 24.3 Å². The third-order valence-electron chi connectivity index (χ3n) is 2.72. The molecule has 1 rings (SSSR count). The van der Waals surface area contributed by atoms with Gasteiger partial charge in [-0.2, -0.15) is 0 Å². The highest BCUT2D eigenvalue weighted by Crippen LogP contribution is 2.23. The second kappa shape index (κ2) is 6.88. The van der Waals surface area contributed by atoms with E-state index in [1.54, 1.807) is 18.2 Å². The highest BCUT2D eigenvalue weighted by molar-refractivity contribution is 7.89. The predicted octanol–water partition coefficient (Wildman–Crippen LogP) is 1.35. The van der Waals surface area contributed by atoms with Crippen LogP contribution in [0.2, 0.25) is 0 Å². The van der Waals surface area contributed by atoms with Gasteiger partial charge in [0.25, 0.3) is 0 Å². The molecule has 1 atom stereocenters. The average molecular weight is 286 g/mol. The zero-order valence-electron chi connectivity index (χ0n) is 11.6. The van der Waals surface area contributed by atoms with Crippen molar-refractivity contribution < 1.29 is 13.2 Å². The standard InChI is InChI=1S/C13H22N2O3S/c1-10(2)8-11(9-14)15-19(16,17)13-7-5-4-6-12(13)18-3/h4-7,10-11,15H,8-9,14H2,1-3H3. The number of sulfonamides is 1. The molecule has 3 N–H and O–H groups in total. The topological polar surface area (TPSA) is 81.4 Å². The van der Waals surface area contributed by atoms with Crippen LogP contribution in [0.5, 0.6) is 5.75 Å². The van der Waals surface area contributed by atoms with Gasteiger partial charge < -0.3 is 10.5 Å². The van der Waals surface area contributed by atoms with Gasteiger partial charge in [0.05, 0.1) is 7.11 Å². The van der Waals surface area contributed by atoms with Crippen LogP contribution in [0.15, 0.2) is 29.2 Å². The number of ether oxygens (including phenoxy) is 1. The predicted molar refractivity (Wildman–Crippen MR) is 75.6 cm³/mol. The molecule has 0 aliphatic heterocycles. The van der Waals surface area contributed by atoms with Gasteiger partial charge in [-0.05, 0) is 24.5 Å². The van der Waals surface area contributed by atoms with Gasteiger partial charge in [0.15, 0.2) is 0 Å². The molecule has 5 nitrogen and oxygen atoms in total. The Labute approximate surface area is 115 Å². The quantitative estimate of drug-likeness (QED) is 0.792. The zero-order valence-corrected chi connectivity index (χ0v) is 12.4. The lowest BCUT2D eigenvalue weighted by atomic mass is 10.1. The van der Waals surface area contributed by atoms with E-state index in [-0.39, 0.29) is 17.5 Å². The first-order valence-corrected chi connectivity index (χ1v) is 7.74. The van der Waals surface area contributed by atoms with E-state index in [2.05, 4.69) is 4.72 Å². The third kappa shape index (κ3) is 4.49. The summed E-state index contributed by atoms with van der Waals surface area (Å²) in [4.78, 5) is 0.139. The van der Waals surface area contributed by atoms with Crippen LogP contribution in [0.4, 0.5) is 0 Å². The number of hydrogen-bond donors (Lipinski definition) is 2. The number of nitrogens with one attached hydrogen (secondary N) is 1. The van der Waals surface area contributed by atoms with Gasteiger partial charge in [-0.3, -0.25) is 0 Å². The molecule has 0 spiro atoms. The van der Waals surface area contributed by atoms with Crippen molar-refractivity contribution in [2.45, 2.75) is 31.2 Å². The fraction of sp³-hybridized carbons (Fsp3) is 0.538. The van der Waals surface area contributed by atoms with E-state index >= 15 is 0 Å². The monoisotopic (exact) mass is 286 g/mol. The van der Waals surface area contributed by atoms with Gasteiger partial charge >= 0.3 is 0 Å². The van der Waals surface area contributed by atoms with E-state index < -0.39 is 10.0 Å². The summed E-state index contributed by atoms with van der Waals surface area (Å²) in [5, 5.41) is 0. The highest BCUT2D eigenvalue weighted by atomic mass is 32.2. The Morgan fingerprint density at radius 2 is 1.95 bits per heavy atom. The second-order valence-corrected chi connectivity index (χ2v) is 6.52. The Hall–Kier alpha value is -1.11. The summed E-state index contributed by atoms with van der Waals surface area (Å²) in [7, 11) is -2.17. The molecule has 0 aliphatic rings. The van der Waals surface area contributed by atoms with Crippen LogP contribution in [0.25, 0.3) is 0 Å². The van der Waals surface area contributed by atoms with Gasteiger partial charge in [0.1, 0.15) is 10.6 Å². The molecule has 0 heterocycles. The molecule has 1 aromatic carbocycles. The Morgan fingerprint density at radius 1 is 1.32 bits per heavy atom. The van der Waals surface area contributed by atoms with Crippen molar-refractivity contribution in [2.75, 3.05) is 13.7 Å². The number of para-hydroxylation sites is 1. The normalized spacial score (nSPS) is 13.5. The maximum atomic E-state index is 12.3. The number of benzene rings is 1. The largest absolute Gasteiger partial charge is 0.495 e. The highest BCUT2D eigenvalue weighted by Gasteiger charge is 2.22. The molecule has 0 bridgehead atoms. The van der Waals surface area contributed by atoms with Crippen LogP contribution in [0, 0.1) is 5.92 Å². The minimum absolute atomic E-state index is 0.139. The number of rotatable bonds is 7. The smallest absolute Gasteiger partial charge is 0.244 e. The summed E-state index contributed by atoms with van der Waals surface area (Å²) in [5.41, 5.74) is 5.62. The first-order chi connectivity index (χ1) is 8.90. The Balaban J connectivity index is 2.97. The molecule has 0 saturated heterocycles. The number of methoxy groups -OCH3 is 1. The molecule has 1 aromatic rings. The first-order valence-electron chi connectivity index (χ1n) is 6.26. The fourth-order valence-corrected chi connectivity index (χ4v) is 3.32. The van der Waals surface area contributed by atoms with Crippen molar-refractivity contribution in [3.8, 4) is 5.75 Å². The van der Waals surface area contributed by atoms with E-state index in [0.717, 1.165) is 0 Å². The van der Waals surface area contributed by atoms with Crippen molar-refractivity contribution in [1.82, 2.24) is 4.72 Å². The number of hydrogen-bond acceptors (Lipinski definition) is 4. The van der Waals surface area contributed by atoms with E-state index in [0.29, 0.717) is 18.1 Å². The zero-order chi connectivity index (χ0) is 14.5. The SMILES string of the molecule is COc1ccccc1S(=O)(=O)NC(CN)CC(C)C. The summed E-state index contributed by atoms with van der Waals surface area (Å²) in [6, 6.07) is 6.26. The summed E-state index contributed by atoms with van der Waals surface area (Å²) >= 11 is 0. The molecule has 0 saturated carbocycles. The molecule has 0 aromatic heterocycles. The molecule has 0 radical (unpaired) electrons. The van der Waals surface area contributed by atoms with Crippen LogP contribution in [-0.4, -0.2) is 28.1 Å². The van der Waals surface area contributed by atoms with Crippen LogP contribution in [-0.2, 0) is 10.0 Å². The lowest BCUT2D eigenvalue weighted by Crippen LogP contribution is -2.41. The molecule has 0 fully saturated rings. The van der Waals surface area contributed by atoms with Gasteiger partial charge in [-0.25, -0.2) is 13.1 Å². The third-order valence-corrected chi connectivity index (χ3v) is 4.28. The fourth-order valence-electron chi connectivity index (χ4n) is 1.89. The second-order valence-electron chi connectivity index (χ2n) is 4.83. The Bertz CT molecular complexity index is 500. The number of nitrogens with two attached hydrogens (primary N) is 1. The molecular weight excluding hydrogens is 264 g/mol. The summed E-state index contributed by atoms with van der Waals surface area (Å²) in [5.74, 6) is 0.698. The minimum Gasteiger partial charge on any atom is -0.495 e. The van der Waals surface area contributed by atoms with Crippen molar-refractivity contribution in [1.29, 1.82) is 0 Å². The van der Waals surface area contributed by atoms with Crippen molar-refractivity contribution in [3.63, 3.8) is 0 Å². The molecule has 6 heteroatoms.